The Kier molecular flexibility index (Phi) is 5.26. The summed E-state index contributed by atoms with van der Waals surface area (Å²) in [6.07, 6.45) is 4.32. The molecule has 1 aliphatic heterocycles. The van der Waals surface area contributed by atoms with Crippen LogP contribution >= 0.6 is 0 Å². The van der Waals surface area contributed by atoms with E-state index in [9.17, 15) is 0 Å². The summed E-state index contributed by atoms with van der Waals surface area (Å²) in [7, 11) is 1.68. The van der Waals surface area contributed by atoms with Gasteiger partial charge in [0.2, 0.25) is 5.95 Å². The molecule has 6 nitrogen and oxygen atoms in total. The molecule has 0 amide bonds. The minimum Gasteiger partial charge on any atom is -0.383 e. The molecule has 0 spiro atoms. The van der Waals surface area contributed by atoms with Crippen molar-refractivity contribution in [2.75, 3.05) is 48.9 Å². The minimum atomic E-state index is 0.585. The van der Waals surface area contributed by atoms with Crippen LogP contribution in [0.5, 0.6) is 0 Å². The van der Waals surface area contributed by atoms with Crippen LogP contribution in [0.2, 0.25) is 0 Å². The normalized spacial score (nSPS) is 14.0. The molecule has 23 heavy (non-hydrogen) atoms. The van der Waals surface area contributed by atoms with Crippen molar-refractivity contribution in [1.82, 2.24) is 9.97 Å². The van der Waals surface area contributed by atoms with Gasteiger partial charge in [0, 0.05) is 44.3 Å². The van der Waals surface area contributed by atoms with Crippen molar-refractivity contribution >= 4 is 23.1 Å². The lowest BCUT2D eigenvalue weighted by Crippen LogP contribution is -2.17. The lowest BCUT2D eigenvalue weighted by atomic mass is 10.2. The third-order valence-corrected chi connectivity index (χ3v) is 3.86. The van der Waals surface area contributed by atoms with Crippen molar-refractivity contribution in [2.24, 2.45) is 0 Å². The molecule has 0 radical (unpaired) electrons. The van der Waals surface area contributed by atoms with E-state index in [1.807, 2.05) is 6.07 Å². The summed E-state index contributed by atoms with van der Waals surface area (Å²) in [4.78, 5) is 11.1. The van der Waals surface area contributed by atoms with E-state index < -0.39 is 0 Å². The Morgan fingerprint density at radius 1 is 1.13 bits per heavy atom. The van der Waals surface area contributed by atoms with Gasteiger partial charge in [0.05, 0.1) is 6.61 Å². The number of ether oxygens (including phenoxy) is 1. The zero-order chi connectivity index (χ0) is 15.9. The SMILES string of the molecule is COCCNc1ccnc(Nc2ccc(N3CCCC3)cc2)n1. The maximum Gasteiger partial charge on any atom is 0.229 e. The first-order valence-electron chi connectivity index (χ1n) is 8.03. The van der Waals surface area contributed by atoms with Gasteiger partial charge in [-0.3, -0.25) is 0 Å². The fourth-order valence-corrected chi connectivity index (χ4v) is 2.66. The molecule has 0 saturated carbocycles. The highest BCUT2D eigenvalue weighted by atomic mass is 16.5. The predicted molar refractivity (Wildman–Crippen MR) is 93.6 cm³/mol. The summed E-state index contributed by atoms with van der Waals surface area (Å²) in [5.41, 5.74) is 2.27. The molecular weight excluding hydrogens is 290 g/mol. The summed E-state index contributed by atoms with van der Waals surface area (Å²) < 4.78 is 5.02. The Balaban J connectivity index is 1.61. The monoisotopic (exact) mass is 313 g/mol. The second-order valence-electron chi connectivity index (χ2n) is 5.55. The number of nitrogens with one attached hydrogen (secondary N) is 2. The van der Waals surface area contributed by atoms with Gasteiger partial charge < -0.3 is 20.3 Å². The fraction of sp³-hybridized carbons (Fsp3) is 0.412. The van der Waals surface area contributed by atoms with E-state index in [0.29, 0.717) is 12.6 Å². The van der Waals surface area contributed by atoms with Crippen LogP contribution in [0, 0.1) is 0 Å². The molecule has 1 aromatic heterocycles. The highest BCUT2D eigenvalue weighted by molar-refractivity contribution is 5.60. The first-order valence-corrected chi connectivity index (χ1v) is 8.03. The Hall–Kier alpha value is -2.34. The van der Waals surface area contributed by atoms with Gasteiger partial charge in [0.1, 0.15) is 5.82 Å². The van der Waals surface area contributed by atoms with Crippen LogP contribution in [0.15, 0.2) is 36.5 Å². The van der Waals surface area contributed by atoms with Crippen LogP contribution in [0.4, 0.5) is 23.1 Å². The van der Waals surface area contributed by atoms with Crippen LogP contribution in [0.25, 0.3) is 0 Å². The molecule has 0 atom stereocenters. The van der Waals surface area contributed by atoms with Crippen LogP contribution in [-0.4, -0.2) is 43.3 Å². The van der Waals surface area contributed by atoms with Crippen LogP contribution in [0.1, 0.15) is 12.8 Å². The summed E-state index contributed by atoms with van der Waals surface area (Å²) in [6, 6.07) is 10.3. The second kappa shape index (κ2) is 7.78. The summed E-state index contributed by atoms with van der Waals surface area (Å²) in [6.45, 7) is 3.68. The van der Waals surface area contributed by atoms with Crippen molar-refractivity contribution in [3.8, 4) is 0 Å². The van der Waals surface area contributed by atoms with E-state index in [1.54, 1.807) is 13.3 Å². The molecule has 1 saturated heterocycles. The number of benzene rings is 1. The van der Waals surface area contributed by atoms with E-state index in [4.69, 9.17) is 4.74 Å². The fourth-order valence-electron chi connectivity index (χ4n) is 2.66. The summed E-state index contributed by atoms with van der Waals surface area (Å²) >= 11 is 0. The molecule has 2 aromatic rings. The number of aromatic nitrogens is 2. The minimum absolute atomic E-state index is 0.585. The molecule has 2 N–H and O–H groups in total. The second-order valence-corrected chi connectivity index (χ2v) is 5.55. The molecule has 1 aliphatic rings. The molecule has 3 rings (SSSR count). The van der Waals surface area contributed by atoms with Crippen molar-refractivity contribution < 1.29 is 4.74 Å². The molecule has 1 aromatic carbocycles. The summed E-state index contributed by atoms with van der Waals surface area (Å²) in [5.74, 6) is 1.37. The highest BCUT2D eigenvalue weighted by Gasteiger charge is 2.11. The molecule has 0 unspecified atom stereocenters. The molecule has 0 bridgehead atoms. The van der Waals surface area contributed by atoms with Crippen LogP contribution in [0.3, 0.4) is 0 Å². The first-order chi connectivity index (χ1) is 11.3. The average molecular weight is 313 g/mol. The topological polar surface area (TPSA) is 62.3 Å². The van der Waals surface area contributed by atoms with Crippen molar-refractivity contribution in [2.45, 2.75) is 12.8 Å². The van der Waals surface area contributed by atoms with Gasteiger partial charge in [0.25, 0.3) is 0 Å². The molecule has 6 heteroatoms. The largest absolute Gasteiger partial charge is 0.383 e. The number of nitrogens with zero attached hydrogens (tertiary/aromatic N) is 3. The van der Waals surface area contributed by atoms with E-state index in [-0.39, 0.29) is 0 Å². The third kappa shape index (κ3) is 4.32. The third-order valence-electron chi connectivity index (χ3n) is 3.86. The smallest absolute Gasteiger partial charge is 0.229 e. The average Bonchev–Trinajstić information content (AvgIpc) is 3.11. The Bertz CT molecular complexity index is 611. The van der Waals surface area contributed by atoms with E-state index in [2.05, 4.69) is 49.8 Å². The molecule has 2 heterocycles. The molecular formula is C17H23N5O. The van der Waals surface area contributed by atoms with E-state index in [1.165, 1.54) is 18.5 Å². The zero-order valence-corrected chi connectivity index (χ0v) is 13.5. The van der Waals surface area contributed by atoms with Gasteiger partial charge in [-0.25, -0.2) is 4.98 Å². The quantitative estimate of drug-likeness (QED) is 0.767. The number of methoxy groups -OCH3 is 1. The summed E-state index contributed by atoms with van der Waals surface area (Å²) in [5, 5.41) is 6.44. The number of hydrogen-bond acceptors (Lipinski definition) is 6. The number of rotatable bonds is 7. The Morgan fingerprint density at radius 2 is 1.91 bits per heavy atom. The lowest BCUT2D eigenvalue weighted by Gasteiger charge is -2.17. The van der Waals surface area contributed by atoms with E-state index >= 15 is 0 Å². The van der Waals surface area contributed by atoms with Gasteiger partial charge in [0.15, 0.2) is 0 Å². The van der Waals surface area contributed by atoms with Gasteiger partial charge in [-0.2, -0.15) is 4.98 Å². The van der Waals surface area contributed by atoms with Gasteiger partial charge in [-0.05, 0) is 43.2 Å². The van der Waals surface area contributed by atoms with Gasteiger partial charge in [-0.15, -0.1) is 0 Å². The van der Waals surface area contributed by atoms with Gasteiger partial charge in [-0.1, -0.05) is 0 Å². The highest BCUT2D eigenvalue weighted by Crippen LogP contribution is 2.23. The maximum absolute atomic E-state index is 5.02. The van der Waals surface area contributed by atoms with Gasteiger partial charge >= 0.3 is 0 Å². The van der Waals surface area contributed by atoms with Crippen molar-refractivity contribution in [3.05, 3.63) is 36.5 Å². The van der Waals surface area contributed by atoms with Crippen molar-refractivity contribution in [1.29, 1.82) is 0 Å². The first kappa shape index (κ1) is 15.6. The standard InChI is InChI=1S/C17H23N5O/c1-23-13-10-18-16-8-9-19-17(21-16)20-14-4-6-15(7-5-14)22-11-2-3-12-22/h4-9H,2-3,10-13H2,1H3,(H2,18,19,20,21). The van der Waals surface area contributed by atoms with Crippen LogP contribution < -0.4 is 15.5 Å². The van der Waals surface area contributed by atoms with E-state index in [0.717, 1.165) is 31.1 Å². The molecule has 1 fully saturated rings. The van der Waals surface area contributed by atoms with Crippen molar-refractivity contribution in [3.63, 3.8) is 0 Å². The maximum atomic E-state index is 5.02. The number of hydrogen-bond donors (Lipinski definition) is 2. The zero-order valence-electron chi connectivity index (χ0n) is 13.5. The predicted octanol–water partition coefficient (Wildman–Crippen LogP) is 2.88. The Labute approximate surface area is 136 Å². The molecule has 0 aliphatic carbocycles. The molecule has 122 valence electrons. The Morgan fingerprint density at radius 3 is 2.65 bits per heavy atom. The number of anilines is 4. The lowest BCUT2D eigenvalue weighted by molar-refractivity contribution is 0.210. The van der Waals surface area contributed by atoms with Crippen LogP contribution in [-0.2, 0) is 4.74 Å².